The van der Waals surface area contributed by atoms with Crippen LogP contribution in [0.25, 0.3) is 0 Å². The Hall–Kier alpha value is 0.771. The van der Waals surface area contributed by atoms with Crippen molar-refractivity contribution in [2.75, 3.05) is 0 Å². The summed E-state index contributed by atoms with van der Waals surface area (Å²) in [4.78, 5) is 0. The van der Waals surface area contributed by atoms with Crippen molar-refractivity contribution in [3.8, 4) is 0 Å². The van der Waals surface area contributed by atoms with Crippen LogP contribution in [-0.2, 0) is 24.5 Å². The van der Waals surface area contributed by atoms with Crippen molar-refractivity contribution < 1.29 is 31.8 Å². The predicted octanol–water partition coefficient (Wildman–Crippen LogP) is 4.53. The SMILES string of the molecule is CC(C)C[Si](CC(C)C)(CC(C)C)[O][Ti]([OH])([OH])[O]C(C)(C)C. The molecule has 134 valence electrons. The first-order valence-electron chi connectivity index (χ1n) is 8.51. The summed E-state index contributed by atoms with van der Waals surface area (Å²) in [5, 5.41) is 0. The van der Waals surface area contributed by atoms with Gasteiger partial charge in [-0.15, -0.1) is 0 Å². The van der Waals surface area contributed by atoms with E-state index in [9.17, 15) is 7.38 Å². The molecule has 0 saturated carbocycles. The molecule has 2 N–H and O–H groups in total. The van der Waals surface area contributed by atoms with Gasteiger partial charge < -0.3 is 0 Å². The summed E-state index contributed by atoms with van der Waals surface area (Å²) in [5.41, 5.74) is -0.600. The molecule has 0 fully saturated rings. The van der Waals surface area contributed by atoms with Crippen LogP contribution in [-0.4, -0.2) is 21.3 Å². The van der Waals surface area contributed by atoms with Crippen LogP contribution >= 0.6 is 0 Å². The molecule has 0 radical (unpaired) electrons. The Morgan fingerprint density at radius 1 is 0.818 bits per heavy atom. The molecule has 0 aromatic carbocycles. The van der Waals surface area contributed by atoms with Crippen LogP contribution in [0.3, 0.4) is 0 Å². The standard InChI is InChI=1S/C12H27OSi.C4H9O.2H2O.Ti/c1-10(2)7-14(13,8-11(3)4)9-12(5)6;1-4(2,3)5;;;/h10-12H,7-9H2,1-6H3;1-3H3;2*1H2;/q2*-1;;;+4/p-2. The minimum atomic E-state index is -4.67. The van der Waals surface area contributed by atoms with Crippen LogP contribution in [0.1, 0.15) is 62.3 Å². The first-order valence-corrected chi connectivity index (χ1v) is 13.7. The van der Waals surface area contributed by atoms with Gasteiger partial charge in [-0.2, -0.15) is 0 Å². The van der Waals surface area contributed by atoms with Crippen molar-refractivity contribution in [1.82, 2.24) is 0 Å². The van der Waals surface area contributed by atoms with E-state index in [2.05, 4.69) is 41.5 Å². The fraction of sp³-hybridized carbons (Fsp3) is 1.00. The van der Waals surface area contributed by atoms with E-state index in [1.807, 2.05) is 20.8 Å². The third-order valence-electron chi connectivity index (χ3n) is 3.13. The van der Waals surface area contributed by atoms with Crippen molar-refractivity contribution in [3.05, 3.63) is 0 Å². The minimum absolute atomic E-state index is 0.483. The summed E-state index contributed by atoms with van der Waals surface area (Å²) in [6.07, 6.45) is 0. The van der Waals surface area contributed by atoms with Crippen LogP contribution in [0.4, 0.5) is 0 Å². The molecule has 0 unspecified atom stereocenters. The summed E-state index contributed by atoms with van der Waals surface area (Å²) in [7, 11) is -2.26. The molecule has 0 aliphatic heterocycles. The van der Waals surface area contributed by atoms with Gasteiger partial charge in [-0.1, -0.05) is 0 Å². The van der Waals surface area contributed by atoms with Crippen LogP contribution in [0.5, 0.6) is 0 Å². The maximum absolute atomic E-state index is 10.5. The second kappa shape index (κ2) is 8.75. The third kappa shape index (κ3) is 10.5. The summed E-state index contributed by atoms with van der Waals surface area (Å²) < 4.78 is 32.6. The average molecular weight is 370 g/mol. The van der Waals surface area contributed by atoms with E-state index in [-0.39, 0.29) is 0 Å². The van der Waals surface area contributed by atoms with E-state index < -0.39 is 32.1 Å². The Morgan fingerprint density at radius 3 is 1.36 bits per heavy atom. The zero-order valence-electron chi connectivity index (χ0n) is 16.1. The Bertz CT molecular complexity index is 298. The summed E-state index contributed by atoms with van der Waals surface area (Å²) in [6.45, 7) is 18.6. The normalized spacial score (nSPS) is 14.5. The fourth-order valence-corrected chi connectivity index (χ4v) is 14.4. The van der Waals surface area contributed by atoms with Gasteiger partial charge in [0.25, 0.3) is 0 Å². The molecular formula is C16H38O4SiTi. The molecule has 0 amide bonds. The van der Waals surface area contributed by atoms with Crippen LogP contribution in [0.2, 0.25) is 18.1 Å². The first-order chi connectivity index (χ1) is 9.66. The van der Waals surface area contributed by atoms with E-state index in [1.54, 1.807) is 0 Å². The topological polar surface area (TPSA) is 58.9 Å². The van der Waals surface area contributed by atoms with Gasteiger partial charge in [0.05, 0.1) is 0 Å². The molecule has 0 aliphatic carbocycles. The Labute approximate surface area is 144 Å². The summed E-state index contributed by atoms with van der Waals surface area (Å²) in [6, 6.07) is 2.85. The molecule has 0 spiro atoms. The van der Waals surface area contributed by atoms with Gasteiger partial charge in [-0.25, -0.2) is 0 Å². The fourth-order valence-electron chi connectivity index (χ4n) is 3.31. The molecule has 4 nitrogen and oxygen atoms in total. The van der Waals surface area contributed by atoms with E-state index in [4.69, 9.17) is 6.33 Å². The molecule has 0 atom stereocenters. The van der Waals surface area contributed by atoms with Gasteiger partial charge in [0.1, 0.15) is 0 Å². The van der Waals surface area contributed by atoms with Crippen molar-refractivity contribution in [2.45, 2.75) is 86.0 Å². The Morgan fingerprint density at radius 2 is 1.14 bits per heavy atom. The van der Waals surface area contributed by atoms with Gasteiger partial charge in [-0.3, -0.25) is 0 Å². The van der Waals surface area contributed by atoms with Crippen molar-refractivity contribution in [2.24, 2.45) is 17.8 Å². The van der Waals surface area contributed by atoms with E-state index in [1.165, 1.54) is 0 Å². The number of hydrogen-bond donors (Lipinski definition) is 2. The summed E-state index contributed by atoms with van der Waals surface area (Å²) >= 11 is -4.67. The second-order valence-corrected chi connectivity index (χ2v) is 15.6. The Kier molecular flexibility index (Phi) is 9.05. The van der Waals surface area contributed by atoms with Crippen molar-refractivity contribution in [3.63, 3.8) is 0 Å². The second-order valence-electron chi connectivity index (χ2n) is 8.84. The molecule has 6 heteroatoms. The van der Waals surface area contributed by atoms with Gasteiger partial charge >= 0.3 is 144 Å². The number of hydrogen-bond acceptors (Lipinski definition) is 4. The Balaban J connectivity index is 5.41. The molecule has 0 saturated heterocycles. The molecule has 0 aliphatic rings. The van der Waals surface area contributed by atoms with E-state index in [0.29, 0.717) is 17.8 Å². The number of rotatable bonds is 9. The van der Waals surface area contributed by atoms with E-state index >= 15 is 0 Å². The molecule has 0 rings (SSSR count). The molecular weight excluding hydrogens is 332 g/mol. The average Bonchev–Trinajstić information content (AvgIpc) is 2.05. The van der Waals surface area contributed by atoms with Gasteiger partial charge in [0.15, 0.2) is 0 Å². The maximum atomic E-state index is 10.5. The molecule has 0 heterocycles. The third-order valence-corrected chi connectivity index (χ3v) is 13.2. The molecule has 0 bridgehead atoms. The monoisotopic (exact) mass is 370 g/mol. The zero-order valence-corrected chi connectivity index (χ0v) is 18.6. The first kappa shape index (κ1) is 22.8. The van der Waals surface area contributed by atoms with Crippen LogP contribution in [0.15, 0.2) is 0 Å². The van der Waals surface area contributed by atoms with Gasteiger partial charge in [-0.05, 0) is 0 Å². The van der Waals surface area contributed by atoms with Crippen molar-refractivity contribution in [1.29, 1.82) is 0 Å². The van der Waals surface area contributed by atoms with E-state index in [0.717, 1.165) is 18.1 Å². The molecule has 0 aromatic heterocycles. The van der Waals surface area contributed by atoms with Gasteiger partial charge in [0.2, 0.25) is 0 Å². The van der Waals surface area contributed by atoms with Crippen molar-refractivity contribution >= 4 is 8.32 Å². The zero-order chi connectivity index (χ0) is 17.8. The van der Waals surface area contributed by atoms with Gasteiger partial charge in [0, 0.05) is 0 Å². The van der Waals surface area contributed by atoms with Crippen LogP contribution in [0, 0.1) is 17.8 Å². The molecule has 0 aromatic rings. The quantitative estimate of drug-likeness (QED) is 0.586. The molecule has 22 heavy (non-hydrogen) atoms. The predicted molar refractivity (Wildman–Crippen MR) is 91.0 cm³/mol. The summed E-state index contributed by atoms with van der Waals surface area (Å²) in [5.74, 6) is 1.45. The van der Waals surface area contributed by atoms with Crippen LogP contribution < -0.4 is 0 Å².